The Balaban J connectivity index is 2.27. The number of thiophene rings is 1. The van der Waals surface area contributed by atoms with E-state index in [9.17, 15) is 0 Å². The highest BCUT2D eigenvalue weighted by molar-refractivity contribution is 7.10. The number of aromatic nitrogens is 1. The van der Waals surface area contributed by atoms with Crippen LogP contribution in [0.3, 0.4) is 0 Å². The summed E-state index contributed by atoms with van der Waals surface area (Å²) in [5, 5.41) is 5.95. The number of nitrogens with zero attached hydrogens (tertiary/aromatic N) is 1. The summed E-state index contributed by atoms with van der Waals surface area (Å²) in [6.07, 6.45) is 6.04. The van der Waals surface area contributed by atoms with E-state index in [2.05, 4.69) is 54.7 Å². The Morgan fingerprint density at radius 2 is 1.95 bits per heavy atom. The van der Waals surface area contributed by atoms with Gasteiger partial charge in [0.25, 0.3) is 0 Å². The van der Waals surface area contributed by atoms with E-state index in [0.717, 1.165) is 19.4 Å². The summed E-state index contributed by atoms with van der Waals surface area (Å²) < 4.78 is 0. The molecule has 0 saturated heterocycles. The van der Waals surface area contributed by atoms with Crippen molar-refractivity contribution in [1.82, 2.24) is 10.3 Å². The third-order valence-electron chi connectivity index (χ3n) is 3.79. The van der Waals surface area contributed by atoms with Crippen LogP contribution in [-0.4, -0.2) is 11.5 Å². The normalized spacial score (nSPS) is 14.2. The maximum absolute atomic E-state index is 4.13. The average molecular weight is 288 g/mol. The molecule has 0 amide bonds. The van der Waals surface area contributed by atoms with Crippen LogP contribution in [0.2, 0.25) is 0 Å². The predicted octanol–water partition coefficient (Wildman–Crippen LogP) is 4.55. The fourth-order valence-corrected chi connectivity index (χ4v) is 3.74. The first-order chi connectivity index (χ1) is 9.77. The second kappa shape index (κ2) is 7.55. The van der Waals surface area contributed by atoms with Crippen LogP contribution in [0.5, 0.6) is 0 Å². The molecule has 0 aromatic carbocycles. The van der Waals surface area contributed by atoms with E-state index in [0.29, 0.717) is 12.0 Å². The minimum Gasteiger partial charge on any atom is -0.309 e. The molecular formula is C17H24N2S. The molecule has 0 bridgehead atoms. The highest BCUT2D eigenvalue weighted by atomic mass is 32.1. The van der Waals surface area contributed by atoms with Gasteiger partial charge in [0.1, 0.15) is 0 Å². The predicted molar refractivity (Wildman–Crippen MR) is 87.4 cm³/mol. The molecule has 3 heteroatoms. The summed E-state index contributed by atoms with van der Waals surface area (Å²) in [7, 11) is 0. The van der Waals surface area contributed by atoms with Crippen molar-refractivity contribution in [3.63, 3.8) is 0 Å². The summed E-state index contributed by atoms with van der Waals surface area (Å²) >= 11 is 1.88. The monoisotopic (exact) mass is 288 g/mol. The van der Waals surface area contributed by atoms with Gasteiger partial charge in [0.2, 0.25) is 0 Å². The van der Waals surface area contributed by atoms with E-state index in [1.807, 2.05) is 23.7 Å². The van der Waals surface area contributed by atoms with Gasteiger partial charge in [-0.25, -0.2) is 0 Å². The first-order valence-electron chi connectivity index (χ1n) is 7.47. The highest BCUT2D eigenvalue weighted by Crippen LogP contribution is 2.35. The molecular weight excluding hydrogens is 264 g/mol. The van der Waals surface area contributed by atoms with Crippen LogP contribution in [0.1, 0.15) is 55.2 Å². The molecule has 0 fully saturated rings. The van der Waals surface area contributed by atoms with Gasteiger partial charge in [-0.15, -0.1) is 11.3 Å². The molecule has 0 aliphatic heterocycles. The molecule has 0 aliphatic carbocycles. The van der Waals surface area contributed by atoms with Crippen LogP contribution >= 0.6 is 11.3 Å². The summed E-state index contributed by atoms with van der Waals surface area (Å²) in [5.74, 6) is 0.452. The second-order valence-electron chi connectivity index (χ2n) is 5.16. The lowest BCUT2D eigenvalue weighted by atomic mass is 9.91. The fraction of sp³-hybridized carbons (Fsp3) is 0.471. The molecule has 20 heavy (non-hydrogen) atoms. The zero-order valence-electron chi connectivity index (χ0n) is 12.6. The van der Waals surface area contributed by atoms with Crippen LogP contribution in [-0.2, 0) is 6.42 Å². The van der Waals surface area contributed by atoms with Crippen molar-refractivity contribution in [3.8, 4) is 0 Å². The smallest absolute Gasteiger partial charge is 0.0484 e. The third-order valence-corrected chi connectivity index (χ3v) is 4.83. The van der Waals surface area contributed by atoms with Crippen LogP contribution in [0.15, 0.2) is 36.0 Å². The van der Waals surface area contributed by atoms with Crippen molar-refractivity contribution >= 4 is 11.3 Å². The van der Waals surface area contributed by atoms with Gasteiger partial charge < -0.3 is 5.32 Å². The second-order valence-corrected chi connectivity index (χ2v) is 6.11. The molecule has 2 aromatic rings. The van der Waals surface area contributed by atoms with Crippen molar-refractivity contribution in [3.05, 3.63) is 52.0 Å². The largest absolute Gasteiger partial charge is 0.309 e. The van der Waals surface area contributed by atoms with E-state index in [1.54, 1.807) is 0 Å². The summed E-state index contributed by atoms with van der Waals surface area (Å²) in [4.78, 5) is 5.62. The van der Waals surface area contributed by atoms with E-state index in [4.69, 9.17) is 0 Å². The molecule has 2 nitrogen and oxygen atoms in total. The summed E-state index contributed by atoms with van der Waals surface area (Å²) in [6.45, 7) is 7.82. The maximum atomic E-state index is 4.13. The van der Waals surface area contributed by atoms with Crippen LogP contribution in [0.25, 0.3) is 0 Å². The van der Waals surface area contributed by atoms with Crippen LogP contribution in [0, 0.1) is 0 Å². The molecule has 2 aromatic heterocycles. The molecule has 2 rings (SSSR count). The van der Waals surface area contributed by atoms with Gasteiger partial charge in [-0.05, 0) is 54.1 Å². The molecule has 1 N–H and O–H groups in total. The zero-order valence-corrected chi connectivity index (χ0v) is 13.4. The molecule has 0 spiro atoms. The highest BCUT2D eigenvalue weighted by Gasteiger charge is 2.23. The van der Waals surface area contributed by atoms with Crippen molar-refractivity contribution < 1.29 is 0 Å². The Morgan fingerprint density at radius 3 is 2.60 bits per heavy atom. The molecule has 2 atom stereocenters. The Kier molecular flexibility index (Phi) is 5.74. The molecule has 0 aliphatic rings. The van der Waals surface area contributed by atoms with Gasteiger partial charge in [-0.2, -0.15) is 0 Å². The van der Waals surface area contributed by atoms with E-state index in [1.165, 1.54) is 16.0 Å². The van der Waals surface area contributed by atoms with Crippen molar-refractivity contribution in [1.29, 1.82) is 0 Å². The molecule has 0 saturated carbocycles. The van der Waals surface area contributed by atoms with Crippen LogP contribution < -0.4 is 5.32 Å². The number of pyridine rings is 1. The van der Waals surface area contributed by atoms with E-state index in [-0.39, 0.29) is 0 Å². The number of hydrogen-bond donors (Lipinski definition) is 1. The summed E-state index contributed by atoms with van der Waals surface area (Å²) in [5.41, 5.74) is 2.83. The summed E-state index contributed by atoms with van der Waals surface area (Å²) in [6, 6.07) is 6.92. The Morgan fingerprint density at radius 1 is 1.20 bits per heavy atom. The first-order valence-corrected chi connectivity index (χ1v) is 8.35. The molecule has 108 valence electrons. The van der Waals surface area contributed by atoms with Gasteiger partial charge >= 0.3 is 0 Å². The molecule has 0 radical (unpaired) electrons. The fourth-order valence-electron chi connectivity index (χ4n) is 2.57. The minimum atomic E-state index is 0.396. The zero-order chi connectivity index (χ0) is 14.4. The van der Waals surface area contributed by atoms with Gasteiger partial charge in [-0.3, -0.25) is 4.98 Å². The maximum Gasteiger partial charge on any atom is 0.0484 e. The standard InChI is InChI=1S/C17H24N2S/c1-4-9-19-16(17-14(5-2)8-12-20-17)13(3)15-6-10-18-11-7-15/h6-8,10-13,16,19H,4-5,9H2,1-3H3. The number of nitrogens with one attached hydrogen (secondary N) is 1. The van der Waals surface area contributed by atoms with Gasteiger partial charge in [-0.1, -0.05) is 20.8 Å². The lowest BCUT2D eigenvalue weighted by Crippen LogP contribution is -2.26. The van der Waals surface area contributed by atoms with Gasteiger partial charge in [0, 0.05) is 29.2 Å². The SMILES string of the molecule is CCCNC(c1sccc1CC)C(C)c1ccncc1. The first kappa shape index (κ1) is 15.2. The number of hydrogen-bond acceptors (Lipinski definition) is 3. The Labute approximate surface area is 126 Å². The third kappa shape index (κ3) is 3.47. The minimum absolute atomic E-state index is 0.396. The van der Waals surface area contributed by atoms with Gasteiger partial charge in [0.15, 0.2) is 0 Å². The number of rotatable bonds is 7. The van der Waals surface area contributed by atoms with Crippen molar-refractivity contribution in [2.45, 2.75) is 45.6 Å². The Bertz CT molecular complexity index is 507. The van der Waals surface area contributed by atoms with Crippen molar-refractivity contribution in [2.75, 3.05) is 6.54 Å². The van der Waals surface area contributed by atoms with Crippen molar-refractivity contribution in [2.24, 2.45) is 0 Å². The average Bonchev–Trinajstić information content (AvgIpc) is 2.96. The lowest BCUT2D eigenvalue weighted by molar-refractivity contribution is 0.470. The number of aryl methyl sites for hydroxylation is 1. The van der Waals surface area contributed by atoms with Crippen LogP contribution in [0.4, 0.5) is 0 Å². The van der Waals surface area contributed by atoms with E-state index < -0.39 is 0 Å². The van der Waals surface area contributed by atoms with E-state index >= 15 is 0 Å². The topological polar surface area (TPSA) is 24.9 Å². The molecule has 2 heterocycles. The quantitative estimate of drug-likeness (QED) is 0.808. The molecule has 2 unspecified atom stereocenters. The van der Waals surface area contributed by atoms with Gasteiger partial charge in [0.05, 0.1) is 0 Å². The Hall–Kier alpha value is -1.19. The lowest BCUT2D eigenvalue weighted by Gasteiger charge is -2.26.